The Labute approximate surface area is 168 Å². The second kappa shape index (κ2) is 10.1. The summed E-state index contributed by atoms with van der Waals surface area (Å²) < 4.78 is 55.6. The van der Waals surface area contributed by atoms with E-state index in [1.807, 2.05) is 13.0 Å². The second-order valence-corrected chi connectivity index (χ2v) is 7.97. The fraction of sp³-hybridized carbons (Fsp3) is 0.250. The maximum atomic E-state index is 12.4. The number of rotatable bonds is 9. The Balaban J connectivity index is 1.80. The molecule has 0 atom stereocenters. The van der Waals surface area contributed by atoms with Crippen molar-refractivity contribution >= 4 is 22.0 Å². The van der Waals surface area contributed by atoms with Crippen LogP contribution >= 0.6 is 0 Å². The molecule has 0 aliphatic carbocycles. The molecule has 0 aliphatic rings. The number of hydrogen-bond acceptors (Lipinski definition) is 4. The summed E-state index contributed by atoms with van der Waals surface area (Å²) in [6.07, 6.45) is 2.77. The molecule has 0 fully saturated rings. The van der Waals surface area contributed by atoms with Crippen molar-refractivity contribution in [3.05, 3.63) is 65.2 Å². The Morgan fingerprint density at radius 3 is 2.45 bits per heavy atom. The van der Waals surface area contributed by atoms with Gasteiger partial charge in [-0.15, -0.1) is 0 Å². The maximum Gasteiger partial charge on any atom is 0.387 e. The average Bonchev–Trinajstić information content (AvgIpc) is 2.66. The van der Waals surface area contributed by atoms with Crippen LogP contribution in [0.3, 0.4) is 0 Å². The zero-order chi connectivity index (χ0) is 21.4. The summed E-state index contributed by atoms with van der Waals surface area (Å²) in [5.41, 5.74) is 2.10. The lowest BCUT2D eigenvalue weighted by atomic mass is 10.2. The average molecular weight is 424 g/mol. The Morgan fingerprint density at radius 1 is 1.10 bits per heavy atom. The molecule has 0 unspecified atom stereocenters. The zero-order valence-electron chi connectivity index (χ0n) is 16.0. The van der Waals surface area contributed by atoms with Crippen LogP contribution in [0.25, 0.3) is 6.08 Å². The standard InChI is InChI=1S/C20H22F2N2O4S/c1-14-3-4-15(2)18(13-14)29(26,27)24-12-11-23-19(25)10-7-16-5-8-17(9-6-16)28-20(21)22/h3-10,13,20,24H,11-12H2,1-2H3,(H,23,25)/b10-7+. The first-order chi connectivity index (χ1) is 13.7. The zero-order valence-corrected chi connectivity index (χ0v) is 16.8. The summed E-state index contributed by atoms with van der Waals surface area (Å²) in [6, 6.07) is 11.0. The minimum Gasteiger partial charge on any atom is -0.435 e. The predicted molar refractivity (Wildman–Crippen MR) is 106 cm³/mol. The molecule has 156 valence electrons. The summed E-state index contributed by atoms with van der Waals surface area (Å²) in [5, 5.41) is 2.56. The fourth-order valence-electron chi connectivity index (χ4n) is 2.44. The third-order valence-electron chi connectivity index (χ3n) is 3.88. The third kappa shape index (κ3) is 7.28. The number of nitrogens with one attached hydrogen (secondary N) is 2. The van der Waals surface area contributed by atoms with Gasteiger partial charge >= 0.3 is 6.61 Å². The molecule has 29 heavy (non-hydrogen) atoms. The van der Waals surface area contributed by atoms with Crippen LogP contribution in [0.15, 0.2) is 53.4 Å². The van der Waals surface area contributed by atoms with Crippen LogP contribution in [0, 0.1) is 13.8 Å². The van der Waals surface area contributed by atoms with Crippen LogP contribution < -0.4 is 14.8 Å². The quantitative estimate of drug-likeness (QED) is 0.479. The molecule has 2 N–H and O–H groups in total. The highest BCUT2D eigenvalue weighted by Gasteiger charge is 2.16. The van der Waals surface area contributed by atoms with Crippen molar-refractivity contribution in [1.82, 2.24) is 10.0 Å². The summed E-state index contributed by atoms with van der Waals surface area (Å²) in [6.45, 7) is 0.773. The van der Waals surface area contributed by atoms with E-state index in [-0.39, 0.29) is 23.7 Å². The van der Waals surface area contributed by atoms with Gasteiger partial charge in [-0.2, -0.15) is 8.78 Å². The Bertz CT molecular complexity index is 974. The first-order valence-corrected chi connectivity index (χ1v) is 10.2. The summed E-state index contributed by atoms with van der Waals surface area (Å²) in [7, 11) is -3.66. The van der Waals surface area contributed by atoms with E-state index < -0.39 is 22.5 Å². The van der Waals surface area contributed by atoms with Gasteiger partial charge in [0.25, 0.3) is 0 Å². The van der Waals surface area contributed by atoms with Crippen LogP contribution in [-0.4, -0.2) is 34.0 Å². The molecule has 9 heteroatoms. The van der Waals surface area contributed by atoms with Gasteiger partial charge in [0.05, 0.1) is 4.90 Å². The molecule has 2 aromatic carbocycles. The van der Waals surface area contributed by atoms with E-state index in [9.17, 15) is 22.0 Å². The lowest BCUT2D eigenvalue weighted by Crippen LogP contribution is -2.34. The van der Waals surface area contributed by atoms with E-state index in [1.54, 1.807) is 19.1 Å². The molecule has 2 rings (SSSR count). The van der Waals surface area contributed by atoms with Crippen LogP contribution in [0.4, 0.5) is 8.78 Å². The molecule has 0 heterocycles. The molecule has 0 saturated carbocycles. The Morgan fingerprint density at radius 2 is 1.79 bits per heavy atom. The minimum atomic E-state index is -3.66. The third-order valence-corrected chi connectivity index (χ3v) is 5.48. The summed E-state index contributed by atoms with van der Waals surface area (Å²) in [4.78, 5) is 12.0. The van der Waals surface area contributed by atoms with Gasteiger partial charge in [-0.1, -0.05) is 24.3 Å². The molecule has 2 aromatic rings. The molecular formula is C20H22F2N2O4S. The number of sulfonamides is 1. The largest absolute Gasteiger partial charge is 0.435 e. The first kappa shape index (κ1) is 22.5. The van der Waals surface area contributed by atoms with E-state index in [2.05, 4.69) is 14.8 Å². The van der Waals surface area contributed by atoms with Crippen molar-refractivity contribution in [2.45, 2.75) is 25.4 Å². The molecular weight excluding hydrogens is 402 g/mol. The maximum absolute atomic E-state index is 12.4. The highest BCUT2D eigenvalue weighted by molar-refractivity contribution is 7.89. The number of hydrogen-bond donors (Lipinski definition) is 2. The van der Waals surface area contributed by atoms with Gasteiger partial charge in [0.15, 0.2) is 0 Å². The highest BCUT2D eigenvalue weighted by Crippen LogP contribution is 2.17. The van der Waals surface area contributed by atoms with Crippen molar-refractivity contribution in [3.8, 4) is 5.75 Å². The van der Waals surface area contributed by atoms with Gasteiger partial charge in [0.2, 0.25) is 15.9 Å². The van der Waals surface area contributed by atoms with Crippen molar-refractivity contribution < 1.29 is 26.7 Å². The van der Waals surface area contributed by atoms with Crippen LogP contribution in [0.1, 0.15) is 16.7 Å². The monoisotopic (exact) mass is 424 g/mol. The number of carbonyl (C=O) groups excluding carboxylic acids is 1. The van der Waals surface area contributed by atoms with Gasteiger partial charge in [-0.25, -0.2) is 13.1 Å². The number of alkyl halides is 2. The smallest absolute Gasteiger partial charge is 0.387 e. The first-order valence-electron chi connectivity index (χ1n) is 8.75. The molecule has 1 amide bonds. The van der Waals surface area contributed by atoms with E-state index in [0.29, 0.717) is 11.1 Å². The molecule has 0 saturated heterocycles. The molecule has 0 spiro atoms. The SMILES string of the molecule is Cc1ccc(C)c(S(=O)(=O)NCCNC(=O)/C=C/c2ccc(OC(F)F)cc2)c1. The second-order valence-electron chi connectivity index (χ2n) is 6.24. The lowest BCUT2D eigenvalue weighted by molar-refractivity contribution is -0.116. The van der Waals surface area contributed by atoms with Crippen molar-refractivity contribution in [3.63, 3.8) is 0 Å². The number of halogens is 2. The minimum absolute atomic E-state index is 0.0257. The van der Waals surface area contributed by atoms with E-state index in [1.165, 1.54) is 36.4 Å². The number of carbonyl (C=O) groups is 1. The lowest BCUT2D eigenvalue weighted by Gasteiger charge is -2.10. The van der Waals surface area contributed by atoms with Gasteiger partial charge in [0.1, 0.15) is 5.75 Å². The normalized spacial score (nSPS) is 11.8. The number of aryl methyl sites for hydroxylation is 2. The Hall–Kier alpha value is -2.78. The van der Waals surface area contributed by atoms with Gasteiger partial charge < -0.3 is 10.1 Å². The molecule has 0 aromatic heterocycles. The molecule has 6 nitrogen and oxygen atoms in total. The molecule has 0 aliphatic heterocycles. The van der Waals surface area contributed by atoms with Crippen molar-refractivity contribution in [2.75, 3.05) is 13.1 Å². The number of amides is 1. The number of benzene rings is 2. The van der Waals surface area contributed by atoms with E-state index >= 15 is 0 Å². The van der Waals surface area contributed by atoms with Gasteiger partial charge in [-0.3, -0.25) is 4.79 Å². The highest BCUT2D eigenvalue weighted by atomic mass is 32.2. The van der Waals surface area contributed by atoms with Crippen molar-refractivity contribution in [1.29, 1.82) is 0 Å². The van der Waals surface area contributed by atoms with Crippen molar-refractivity contribution in [2.24, 2.45) is 0 Å². The summed E-state index contributed by atoms with van der Waals surface area (Å²) >= 11 is 0. The fourth-order valence-corrected chi connectivity index (χ4v) is 3.80. The topological polar surface area (TPSA) is 84.5 Å². The number of ether oxygens (including phenoxy) is 1. The molecule has 0 radical (unpaired) electrons. The van der Waals surface area contributed by atoms with Gasteiger partial charge in [0, 0.05) is 19.2 Å². The van der Waals surface area contributed by atoms with Gasteiger partial charge in [-0.05, 0) is 54.8 Å². The predicted octanol–water partition coefficient (Wildman–Crippen LogP) is 3.01. The molecule has 0 bridgehead atoms. The van der Waals surface area contributed by atoms with Crippen LogP contribution in [0.2, 0.25) is 0 Å². The summed E-state index contributed by atoms with van der Waals surface area (Å²) in [5.74, 6) is -0.387. The van der Waals surface area contributed by atoms with E-state index in [4.69, 9.17) is 0 Å². The van der Waals surface area contributed by atoms with Crippen LogP contribution in [0.5, 0.6) is 5.75 Å². The van der Waals surface area contributed by atoms with E-state index in [0.717, 1.165) is 5.56 Å². The van der Waals surface area contributed by atoms with Crippen LogP contribution in [-0.2, 0) is 14.8 Å². The Kier molecular flexibility index (Phi) is 7.86.